The van der Waals surface area contributed by atoms with Gasteiger partial charge in [-0.1, -0.05) is 54.6 Å². The minimum absolute atomic E-state index is 0.0366. The van der Waals surface area contributed by atoms with Gasteiger partial charge >= 0.3 is 6.03 Å². The fourth-order valence-electron chi connectivity index (χ4n) is 5.01. The largest absolute Gasteiger partial charge is 0.497 e. The summed E-state index contributed by atoms with van der Waals surface area (Å²) in [5, 5.41) is 12.3. The van der Waals surface area contributed by atoms with Gasteiger partial charge in [0, 0.05) is 44.7 Å². The summed E-state index contributed by atoms with van der Waals surface area (Å²) in [5.74, 6) is 1.23. The van der Waals surface area contributed by atoms with Crippen molar-refractivity contribution in [2.24, 2.45) is 0 Å². The number of amides is 2. The predicted molar refractivity (Wildman–Crippen MR) is 146 cm³/mol. The van der Waals surface area contributed by atoms with Gasteiger partial charge in [-0.2, -0.15) is 5.26 Å². The molecule has 38 heavy (non-hydrogen) atoms. The molecule has 1 aliphatic heterocycles. The molecule has 1 saturated heterocycles. The van der Waals surface area contributed by atoms with E-state index >= 15 is 0 Å². The molecule has 0 radical (unpaired) electrons. The van der Waals surface area contributed by atoms with Crippen molar-refractivity contribution in [2.75, 3.05) is 39.8 Å². The van der Waals surface area contributed by atoms with E-state index in [-0.39, 0.29) is 18.2 Å². The Morgan fingerprint density at radius 2 is 1.79 bits per heavy atom. The van der Waals surface area contributed by atoms with E-state index in [2.05, 4.69) is 46.6 Å². The number of urea groups is 1. The number of carbonyl (C=O) groups excluding carboxylic acids is 1. The van der Waals surface area contributed by atoms with Gasteiger partial charge in [0.15, 0.2) is 0 Å². The molecule has 1 aliphatic carbocycles. The Balaban J connectivity index is 1.15. The molecule has 1 saturated carbocycles. The van der Waals surface area contributed by atoms with Crippen molar-refractivity contribution in [2.45, 2.75) is 31.1 Å². The Morgan fingerprint density at radius 3 is 2.50 bits per heavy atom. The Kier molecular flexibility index (Phi) is 8.22. The van der Waals surface area contributed by atoms with Crippen LogP contribution in [-0.4, -0.2) is 61.7 Å². The highest BCUT2D eigenvalue weighted by molar-refractivity contribution is 5.75. The Morgan fingerprint density at radius 1 is 1.03 bits per heavy atom. The average molecular weight is 511 g/mol. The first-order valence-corrected chi connectivity index (χ1v) is 13.2. The molecule has 3 aromatic rings. The van der Waals surface area contributed by atoms with Crippen LogP contribution in [0, 0.1) is 11.3 Å². The zero-order valence-electron chi connectivity index (χ0n) is 21.8. The van der Waals surface area contributed by atoms with Crippen LogP contribution in [0.5, 0.6) is 5.75 Å². The van der Waals surface area contributed by atoms with Crippen LogP contribution in [0.4, 0.5) is 4.79 Å². The van der Waals surface area contributed by atoms with Crippen molar-refractivity contribution in [3.8, 4) is 11.8 Å². The van der Waals surface area contributed by atoms with Crippen LogP contribution in [0.3, 0.4) is 0 Å². The lowest BCUT2D eigenvalue weighted by Crippen LogP contribution is -2.52. The minimum Gasteiger partial charge on any atom is -0.497 e. The molecule has 0 spiro atoms. The van der Waals surface area contributed by atoms with Crippen molar-refractivity contribution >= 4 is 6.03 Å². The molecule has 0 bridgehead atoms. The van der Waals surface area contributed by atoms with E-state index in [1.54, 1.807) is 7.11 Å². The van der Waals surface area contributed by atoms with Crippen LogP contribution in [0.15, 0.2) is 78.9 Å². The number of carbonyl (C=O) groups is 1. The van der Waals surface area contributed by atoms with Crippen LogP contribution in [-0.2, 0) is 11.3 Å². The van der Waals surface area contributed by atoms with Crippen molar-refractivity contribution in [1.29, 1.82) is 5.26 Å². The number of piperazine rings is 1. The maximum Gasteiger partial charge on any atom is 0.317 e. The molecule has 3 aromatic carbocycles. The van der Waals surface area contributed by atoms with E-state index in [1.807, 2.05) is 53.4 Å². The average Bonchev–Trinajstić information content (AvgIpc) is 3.75. The molecule has 0 aromatic heterocycles. The third kappa shape index (κ3) is 6.52. The molecule has 7 heteroatoms. The first-order valence-electron chi connectivity index (χ1n) is 13.2. The fraction of sp³-hybridized carbons (Fsp3) is 0.355. The zero-order chi connectivity index (χ0) is 26.3. The summed E-state index contributed by atoms with van der Waals surface area (Å²) in [4.78, 5) is 17.2. The topological polar surface area (TPSA) is 77.8 Å². The molecule has 2 aliphatic rings. The number of hydrogen-bond acceptors (Lipinski definition) is 5. The van der Waals surface area contributed by atoms with Crippen LogP contribution in [0.2, 0.25) is 0 Å². The number of nitrogens with zero attached hydrogens (tertiary/aromatic N) is 3. The Labute approximate surface area is 224 Å². The summed E-state index contributed by atoms with van der Waals surface area (Å²) in [6.07, 6.45) is 0.855. The number of nitriles is 1. The first kappa shape index (κ1) is 25.8. The van der Waals surface area contributed by atoms with Gasteiger partial charge in [-0.15, -0.1) is 0 Å². The second-order valence-corrected chi connectivity index (χ2v) is 9.98. The highest BCUT2D eigenvalue weighted by Crippen LogP contribution is 2.40. The molecule has 196 valence electrons. The Hall–Kier alpha value is -3.86. The van der Waals surface area contributed by atoms with Crippen LogP contribution in [0.1, 0.15) is 40.7 Å². The highest BCUT2D eigenvalue weighted by atomic mass is 16.5. The van der Waals surface area contributed by atoms with Crippen LogP contribution >= 0.6 is 0 Å². The molecule has 2 amide bonds. The first-order chi connectivity index (χ1) is 18.6. The van der Waals surface area contributed by atoms with E-state index in [0.29, 0.717) is 31.2 Å². The molecule has 2 fully saturated rings. The summed E-state index contributed by atoms with van der Waals surface area (Å²) >= 11 is 0. The molecule has 7 nitrogen and oxygen atoms in total. The van der Waals surface area contributed by atoms with Crippen molar-refractivity contribution in [3.05, 3.63) is 101 Å². The number of ether oxygens (including phenoxy) is 2. The van der Waals surface area contributed by atoms with Gasteiger partial charge in [-0.25, -0.2) is 4.79 Å². The molecule has 3 atom stereocenters. The van der Waals surface area contributed by atoms with Crippen molar-refractivity contribution < 1.29 is 14.3 Å². The number of nitrogens with one attached hydrogen (secondary N) is 1. The zero-order valence-corrected chi connectivity index (χ0v) is 21.8. The lowest BCUT2D eigenvalue weighted by Gasteiger charge is -2.36. The van der Waals surface area contributed by atoms with Crippen molar-refractivity contribution in [1.82, 2.24) is 15.1 Å². The van der Waals surface area contributed by atoms with Crippen LogP contribution < -0.4 is 10.1 Å². The Bertz CT molecular complexity index is 1250. The van der Waals surface area contributed by atoms with E-state index in [0.717, 1.165) is 42.9 Å². The SMILES string of the molecule is COc1cccc([C@@H](CN2CCN(C(=O)N[C@@H]3C[C@H]3c3ccccc3)CC2)OCc2ccc(C#N)cc2)c1. The summed E-state index contributed by atoms with van der Waals surface area (Å²) in [6.45, 7) is 4.13. The summed E-state index contributed by atoms with van der Waals surface area (Å²) in [7, 11) is 1.67. The summed E-state index contributed by atoms with van der Waals surface area (Å²) in [5.41, 5.74) is 4.01. The van der Waals surface area contributed by atoms with Gasteiger partial charge in [0.25, 0.3) is 0 Å². The van der Waals surface area contributed by atoms with Gasteiger partial charge in [0.1, 0.15) is 5.75 Å². The second-order valence-electron chi connectivity index (χ2n) is 9.98. The van der Waals surface area contributed by atoms with E-state index in [1.165, 1.54) is 5.56 Å². The fourth-order valence-corrected chi connectivity index (χ4v) is 5.01. The summed E-state index contributed by atoms with van der Waals surface area (Å²) in [6, 6.07) is 28.3. The molecule has 1 N–H and O–H groups in total. The lowest BCUT2D eigenvalue weighted by atomic mass is 10.1. The maximum absolute atomic E-state index is 12.9. The number of hydrogen-bond donors (Lipinski definition) is 1. The third-order valence-corrected chi connectivity index (χ3v) is 7.41. The molecular weight excluding hydrogens is 476 g/mol. The van der Waals surface area contributed by atoms with Crippen molar-refractivity contribution in [3.63, 3.8) is 0 Å². The van der Waals surface area contributed by atoms with Gasteiger partial charge in [0.2, 0.25) is 0 Å². The quantitative estimate of drug-likeness (QED) is 0.451. The van der Waals surface area contributed by atoms with Gasteiger partial charge in [-0.3, -0.25) is 4.90 Å². The summed E-state index contributed by atoms with van der Waals surface area (Å²) < 4.78 is 11.9. The third-order valence-electron chi connectivity index (χ3n) is 7.41. The van der Waals surface area contributed by atoms with Gasteiger partial charge in [0.05, 0.1) is 31.5 Å². The number of benzene rings is 3. The normalized spacial score (nSPS) is 19.8. The smallest absolute Gasteiger partial charge is 0.317 e. The van der Waals surface area contributed by atoms with E-state index in [9.17, 15) is 4.79 Å². The lowest BCUT2D eigenvalue weighted by molar-refractivity contribution is 0.00546. The molecule has 1 heterocycles. The second kappa shape index (κ2) is 12.1. The molecule has 5 rings (SSSR count). The van der Waals surface area contributed by atoms with E-state index in [4.69, 9.17) is 14.7 Å². The molecular formula is C31H34N4O3. The minimum atomic E-state index is -0.154. The maximum atomic E-state index is 12.9. The van der Waals surface area contributed by atoms with Gasteiger partial charge in [-0.05, 0) is 47.4 Å². The monoisotopic (exact) mass is 510 g/mol. The van der Waals surface area contributed by atoms with E-state index < -0.39 is 0 Å². The standard InChI is InChI=1S/C31H34N4O3/c1-37-27-9-5-8-26(18-27)30(38-22-24-12-10-23(20-32)11-13-24)21-34-14-16-35(17-15-34)31(36)33-29-19-28(29)25-6-3-2-4-7-25/h2-13,18,28-30H,14-17,19,21-22H2,1H3,(H,33,36)/t28-,29+,30+/m0/s1. The molecule has 0 unspecified atom stereocenters. The van der Waals surface area contributed by atoms with Gasteiger partial charge < -0.3 is 19.7 Å². The number of methoxy groups -OCH3 is 1. The highest BCUT2D eigenvalue weighted by Gasteiger charge is 2.40. The number of rotatable bonds is 9. The predicted octanol–water partition coefficient (Wildman–Crippen LogP) is 4.71. The van der Waals surface area contributed by atoms with Crippen LogP contribution in [0.25, 0.3) is 0 Å².